The van der Waals surface area contributed by atoms with Crippen LogP contribution in [0.5, 0.6) is 0 Å². The monoisotopic (exact) mass is 438 g/mol. The Bertz CT molecular complexity index is 911. The number of aryl methyl sites for hydroxylation is 1. The van der Waals surface area contributed by atoms with E-state index in [0.717, 1.165) is 43.1 Å². The van der Waals surface area contributed by atoms with Gasteiger partial charge in [0.05, 0.1) is 19.1 Å². The van der Waals surface area contributed by atoms with Gasteiger partial charge in [0.1, 0.15) is 0 Å². The fourth-order valence-electron chi connectivity index (χ4n) is 4.51. The lowest BCUT2D eigenvalue weighted by Crippen LogP contribution is -2.50. The van der Waals surface area contributed by atoms with Crippen LogP contribution < -0.4 is 5.32 Å². The van der Waals surface area contributed by atoms with Gasteiger partial charge in [0.25, 0.3) is 0 Å². The number of ketones is 1. The van der Waals surface area contributed by atoms with E-state index in [4.69, 9.17) is 0 Å². The molecule has 2 aromatic rings. The highest BCUT2D eigenvalue weighted by Gasteiger charge is 2.24. The molecule has 1 amide bonds. The van der Waals surface area contributed by atoms with Gasteiger partial charge in [0.15, 0.2) is 5.78 Å². The van der Waals surface area contributed by atoms with Gasteiger partial charge >= 0.3 is 0 Å². The van der Waals surface area contributed by atoms with Gasteiger partial charge in [-0.05, 0) is 38.3 Å². The Kier molecular flexibility index (Phi) is 8.26. The summed E-state index contributed by atoms with van der Waals surface area (Å²) in [6.07, 6.45) is 0. The van der Waals surface area contributed by atoms with Crippen LogP contribution in [-0.4, -0.2) is 71.9 Å². The number of rotatable bonds is 9. The lowest BCUT2D eigenvalue weighted by molar-refractivity contribution is -0.122. The van der Waals surface area contributed by atoms with Gasteiger partial charge in [0.2, 0.25) is 5.91 Å². The minimum absolute atomic E-state index is 0.0863. The Morgan fingerprint density at radius 3 is 2.12 bits per heavy atom. The quantitative estimate of drug-likeness (QED) is 0.611. The van der Waals surface area contributed by atoms with Crippen LogP contribution in [0.25, 0.3) is 0 Å². The van der Waals surface area contributed by atoms with Crippen molar-refractivity contribution in [2.45, 2.75) is 40.7 Å². The molecule has 1 atom stereocenters. The molecule has 1 aromatic carbocycles. The molecule has 1 unspecified atom stereocenters. The minimum atomic E-state index is 0.0863. The molecule has 3 rings (SSSR count). The minimum Gasteiger partial charge on any atom is -0.355 e. The average molecular weight is 439 g/mol. The Morgan fingerprint density at radius 1 is 0.938 bits per heavy atom. The fourth-order valence-corrected chi connectivity index (χ4v) is 4.51. The summed E-state index contributed by atoms with van der Waals surface area (Å²) in [5.41, 5.74) is 4.20. The summed E-state index contributed by atoms with van der Waals surface area (Å²) in [4.78, 5) is 29.6. The van der Waals surface area contributed by atoms with Gasteiger partial charge in [-0.1, -0.05) is 44.2 Å². The standard InChI is InChI=1S/C26H38N4O2/c1-19(2)16-27-26(32)18-29-13-11-28(12-14-29)17-25(31)24-15-20(3)30(22(24)5)21(4)23-9-7-6-8-10-23/h6-10,15,19,21H,11-14,16-18H2,1-5H3,(H,27,32). The molecule has 6 heteroatoms. The second-order valence-corrected chi connectivity index (χ2v) is 9.41. The molecule has 1 saturated heterocycles. The van der Waals surface area contributed by atoms with Crippen molar-refractivity contribution in [3.63, 3.8) is 0 Å². The molecule has 1 aromatic heterocycles. The zero-order valence-corrected chi connectivity index (χ0v) is 20.2. The molecule has 2 heterocycles. The van der Waals surface area contributed by atoms with Crippen molar-refractivity contribution in [3.05, 3.63) is 58.9 Å². The summed E-state index contributed by atoms with van der Waals surface area (Å²) in [5, 5.41) is 2.98. The van der Waals surface area contributed by atoms with Crippen LogP contribution >= 0.6 is 0 Å². The number of aromatic nitrogens is 1. The Hall–Kier alpha value is -2.44. The van der Waals surface area contributed by atoms with E-state index in [2.05, 4.69) is 71.6 Å². The molecule has 0 aliphatic carbocycles. The third-order valence-electron chi connectivity index (χ3n) is 6.36. The molecule has 6 nitrogen and oxygen atoms in total. The van der Waals surface area contributed by atoms with E-state index >= 15 is 0 Å². The summed E-state index contributed by atoms with van der Waals surface area (Å²) in [5.74, 6) is 0.718. The van der Waals surface area contributed by atoms with Gasteiger partial charge in [0, 0.05) is 49.7 Å². The number of Topliss-reactive ketones (excluding diaryl/α,β-unsaturated/α-hetero) is 1. The number of hydrogen-bond acceptors (Lipinski definition) is 4. The van der Waals surface area contributed by atoms with Crippen molar-refractivity contribution >= 4 is 11.7 Å². The maximum Gasteiger partial charge on any atom is 0.234 e. The summed E-state index contributed by atoms with van der Waals surface area (Å²) < 4.78 is 2.26. The molecule has 0 radical (unpaired) electrons. The molecule has 1 aliphatic heterocycles. The molecule has 174 valence electrons. The van der Waals surface area contributed by atoms with Crippen molar-refractivity contribution < 1.29 is 9.59 Å². The van der Waals surface area contributed by atoms with Gasteiger partial charge < -0.3 is 9.88 Å². The average Bonchev–Trinajstić information content (AvgIpc) is 3.07. The van der Waals surface area contributed by atoms with E-state index in [0.29, 0.717) is 25.6 Å². The lowest BCUT2D eigenvalue weighted by Gasteiger charge is -2.33. The second kappa shape index (κ2) is 10.9. The molecule has 1 N–H and O–H groups in total. The zero-order valence-electron chi connectivity index (χ0n) is 20.2. The van der Waals surface area contributed by atoms with Crippen LogP contribution in [0.3, 0.4) is 0 Å². The first-order chi connectivity index (χ1) is 15.3. The van der Waals surface area contributed by atoms with Crippen molar-refractivity contribution in [2.75, 3.05) is 45.8 Å². The van der Waals surface area contributed by atoms with Crippen LogP contribution in [0.2, 0.25) is 0 Å². The van der Waals surface area contributed by atoms with E-state index in [9.17, 15) is 9.59 Å². The van der Waals surface area contributed by atoms with Crippen molar-refractivity contribution in [2.24, 2.45) is 5.92 Å². The zero-order chi connectivity index (χ0) is 23.3. The Balaban J connectivity index is 1.55. The van der Waals surface area contributed by atoms with E-state index < -0.39 is 0 Å². The second-order valence-electron chi connectivity index (χ2n) is 9.41. The lowest BCUT2D eigenvalue weighted by atomic mass is 10.1. The van der Waals surface area contributed by atoms with Crippen LogP contribution in [0.15, 0.2) is 36.4 Å². The first-order valence-electron chi connectivity index (χ1n) is 11.7. The van der Waals surface area contributed by atoms with E-state index in [-0.39, 0.29) is 17.7 Å². The molecule has 1 fully saturated rings. The van der Waals surface area contributed by atoms with Crippen LogP contribution in [0, 0.1) is 19.8 Å². The van der Waals surface area contributed by atoms with Crippen molar-refractivity contribution in [1.82, 2.24) is 19.7 Å². The van der Waals surface area contributed by atoms with Crippen LogP contribution in [-0.2, 0) is 4.79 Å². The number of nitrogens with one attached hydrogen (secondary N) is 1. The molecule has 32 heavy (non-hydrogen) atoms. The first-order valence-corrected chi connectivity index (χ1v) is 11.7. The van der Waals surface area contributed by atoms with Gasteiger partial charge in [-0.25, -0.2) is 0 Å². The number of carbonyl (C=O) groups is 2. The first kappa shape index (κ1) is 24.2. The highest BCUT2D eigenvalue weighted by Crippen LogP contribution is 2.26. The molecule has 0 bridgehead atoms. The predicted octanol–water partition coefficient (Wildman–Crippen LogP) is 3.29. The van der Waals surface area contributed by atoms with Gasteiger partial charge in [-0.2, -0.15) is 0 Å². The Labute approximate surface area is 192 Å². The van der Waals surface area contributed by atoms with Gasteiger partial charge in [-0.15, -0.1) is 0 Å². The summed E-state index contributed by atoms with van der Waals surface area (Å²) >= 11 is 0. The smallest absolute Gasteiger partial charge is 0.234 e. The topological polar surface area (TPSA) is 57.6 Å². The highest BCUT2D eigenvalue weighted by molar-refractivity contribution is 5.99. The predicted molar refractivity (Wildman–Crippen MR) is 129 cm³/mol. The van der Waals surface area contributed by atoms with Crippen molar-refractivity contribution in [1.29, 1.82) is 0 Å². The SMILES string of the molecule is Cc1cc(C(=O)CN2CCN(CC(=O)NCC(C)C)CC2)c(C)n1C(C)c1ccccc1. The number of hydrogen-bond donors (Lipinski definition) is 1. The molecular formula is C26H38N4O2. The highest BCUT2D eigenvalue weighted by atomic mass is 16.2. The van der Waals surface area contributed by atoms with E-state index in [1.807, 2.05) is 19.1 Å². The number of benzene rings is 1. The summed E-state index contributed by atoms with van der Waals surface area (Å²) in [6, 6.07) is 12.6. The van der Waals surface area contributed by atoms with E-state index in [1.165, 1.54) is 5.56 Å². The van der Waals surface area contributed by atoms with E-state index in [1.54, 1.807) is 0 Å². The number of nitrogens with zero attached hydrogens (tertiary/aromatic N) is 3. The number of carbonyl (C=O) groups excluding carboxylic acids is 2. The fraction of sp³-hybridized carbons (Fsp3) is 0.538. The largest absolute Gasteiger partial charge is 0.355 e. The third kappa shape index (κ3) is 6.08. The summed E-state index contributed by atoms with van der Waals surface area (Å²) in [6.45, 7) is 15.3. The summed E-state index contributed by atoms with van der Waals surface area (Å²) in [7, 11) is 0. The van der Waals surface area contributed by atoms with Crippen LogP contribution in [0.1, 0.15) is 54.1 Å². The molecule has 1 aliphatic rings. The maximum absolute atomic E-state index is 13.1. The molecule has 0 saturated carbocycles. The molecular weight excluding hydrogens is 400 g/mol. The Morgan fingerprint density at radius 2 is 1.53 bits per heavy atom. The molecule has 0 spiro atoms. The van der Waals surface area contributed by atoms with Crippen LogP contribution in [0.4, 0.5) is 0 Å². The number of amides is 1. The maximum atomic E-state index is 13.1. The van der Waals surface area contributed by atoms with Gasteiger partial charge in [-0.3, -0.25) is 19.4 Å². The third-order valence-corrected chi connectivity index (χ3v) is 6.36. The normalized spacial score (nSPS) is 16.3. The van der Waals surface area contributed by atoms with Crippen molar-refractivity contribution in [3.8, 4) is 0 Å². The number of piperazine rings is 1.